The van der Waals surface area contributed by atoms with Crippen LogP contribution < -0.4 is 16.0 Å². The second kappa shape index (κ2) is 6.99. The Bertz CT molecular complexity index is 812. The van der Waals surface area contributed by atoms with E-state index < -0.39 is 0 Å². The van der Waals surface area contributed by atoms with Crippen LogP contribution in [0.2, 0.25) is 0 Å². The lowest BCUT2D eigenvalue weighted by Crippen LogP contribution is -2.45. The molecule has 3 aliphatic carbocycles. The minimum Gasteiger partial charge on any atom is -0.354 e. The molecule has 2 bridgehead atoms. The van der Waals surface area contributed by atoms with E-state index in [1.54, 1.807) is 0 Å². The summed E-state index contributed by atoms with van der Waals surface area (Å²) in [5.74, 6) is -0.118. The Hall–Kier alpha value is -1.66. The first-order valence-corrected chi connectivity index (χ1v) is 11.1. The Kier molecular flexibility index (Phi) is 4.59. The van der Waals surface area contributed by atoms with Crippen molar-refractivity contribution in [3.05, 3.63) is 40.9 Å². The molecule has 148 valence electrons. The summed E-state index contributed by atoms with van der Waals surface area (Å²) in [6.45, 7) is 1.68. The maximum absolute atomic E-state index is 13.2. The van der Waals surface area contributed by atoms with Crippen LogP contribution in [0.1, 0.15) is 25.7 Å². The lowest BCUT2D eigenvalue weighted by molar-refractivity contribution is -0.132. The SMILES string of the molecule is O=C(NCC1CCCN1)[C@H]1[C@H](C(=O)Nc2ccc(Br)cc2)[C@@H]2C=C[C@H]1C21CC1. The summed E-state index contributed by atoms with van der Waals surface area (Å²) in [4.78, 5) is 26.4. The highest BCUT2D eigenvalue weighted by Gasteiger charge is 2.69. The van der Waals surface area contributed by atoms with Crippen molar-refractivity contribution in [3.63, 3.8) is 0 Å². The van der Waals surface area contributed by atoms with E-state index in [1.165, 1.54) is 6.42 Å². The quantitative estimate of drug-likeness (QED) is 0.612. The Morgan fingerprint density at radius 1 is 1.07 bits per heavy atom. The molecule has 5 atom stereocenters. The summed E-state index contributed by atoms with van der Waals surface area (Å²) in [6, 6.07) is 7.97. The Balaban J connectivity index is 1.33. The van der Waals surface area contributed by atoms with E-state index in [2.05, 4.69) is 44.0 Å². The van der Waals surface area contributed by atoms with E-state index in [0.717, 1.165) is 36.0 Å². The molecule has 3 fully saturated rings. The highest BCUT2D eigenvalue weighted by Crippen LogP contribution is 2.72. The molecule has 1 saturated heterocycles. The number of rotatable bonds is 5. The number of hydrogen-bond donors (Lipinski definition) is 3. The van der Waals surface area contributed by atoms with E-state index in [0.29, 0.717) is 12.6 Å². The van der Waals surface area contributed by atoms with E-state index in [1.807, 2.05) is 24.3 Å². The maximum Gasteiger partial charge on any atom is 0.228 e. The van der Waals surface area contributed by atoms with Gasteiger partial charge in [-0.3, -0.25) is 9.59 Å². The molecular formula is C22H26BrN3O2. The van der Waals surface area contributed by atoms with Crippen LogP contribution >= 0.6 is 15.9 Å². The summed E-state index contributed by atoms with van der Waals surface area (Å²) in [6.07, 6.45) is 8.94. The third-order valence-electron chi connectivity index (χ3n) is 7.24. The van der Waals surface area contributed by atoms with Crippen molar-refractivity contribution < 1.29 is 9.59 Å². The third kappa shape index (κ3) is 3.01. The normalized spacial score (nSPS) is 34.0. The van der Waals surface area contributed by atoms with Crippen molar-refractivity contribution in [1.82, 2.24) is 10.6 Å². The smallest absolute Gasteiger partial charge is 0.228 e. The van der Waals surface area contributed by atoms with Crippen LogP contribution in [0.25, 0.3) is 0 Å². The van der Waals surface area contributed by atoms with Crippen LogP contribution in [-0.4, -0.2) is 30.9 Å². The van der Waals surface area contributed by atoms with Gasteiger partial charge in [-0.1, -0.05) is 28.1 Å². The number of anilines is 1. The number of carbonyl (C=O) groups is 2. The van der Waals surface area contributed by atoms with Gasteiger partial charge in [0.05, 0.1) is 11.8 Å². The van der Waals surface area contributed by atoms with Gasteiger partial charge in [0.1, 0.15) is 0 Å². The van der Waals surface area contributed by atoms with Crippen LogP contribution in [0, 0.1) is 29.1 Å². The minimum atomic E-state index is -0.280. The first-order chi connectivity index (χ1) is 13.6. The predicted molar refractivity (Wildman–Crippen MR) is 112 cm³/mol. The van der Waals surface area contributed by atoms with Crippen molar-refractivity contribution in [2.24, 2.45) is 29.1 Å². The zero-order valence-corrected chi connectivity index (χ0v) is 17.4. The molecule has 6 heteroatoms. The lowest BCUT2D eigenvalue weighted by Gasteiger charge is -2.27. The number of halogens is 1. The molecule has 1 aromatic rings. The molecule has 4 aliphatic rings. The maximum atomic E-state index is 13.2. The molecule has 2 saturated carbocycles. The molecule has 0 aromatic heterocycles. The fraction of sp³-hybridized carbons (Fsp3) is 0.545. The molecule has 28 heavy (non-hydrogen) atoms. The second-order valence-electron chi connectivity index (χ2n) is 8.76. The van der Waals surface area contributed by atoms with Gasteiger partial charge in [0, 0.05) is 22.7 Å². The third-order valence-corrected chi connectivity index (χ3v) is 7.77. The summed E-state index contributed by atoms with van der Waals surface area (Å²) < 4.78 is 0.975. The first-order valence-electron chi connectivity index (χ1n) is 10.3. The van der Waals surface area contributed by atoms with Gasteiger partial charge in [-0.05, 0) is 73.7 Å². The van der Waals surface area contributed by atoms with Crippen molar-refractivity contribution in [1.29, 1.82) is 0 Å². The van der Waals surface area contributed by atoms with Crippen LogP contribution in [0.15, 0.2) is 40.9 Å². The van der Waals surface area contributed by atoms with Crippen molar-refractivity contribution in [3.8, 4) is 0 Å². The zero-order valence-electron chi connectivity index (χ0n) is 15.8. The van der Waals surface area contributed by atoms with Crippen molar-refractivity contribution >= 4 is 33.4 Å². The van der Waals surface area contributed by atoms with Gasteiger partial charge in [-0.15, -0.1) is 0 Å². The van der Waals surface area contributed by atoms with Gasteiger partial charge in [0.15, 0.2) is 0 Å². The number of carbonyl (C=O) groups excluding carboxylic acids is 2. The molecule has 1 unspecified atom stereocenters. The van der Waals surface area contributed by atoms with Gasteiger partial charge in [0.2, 0.25) is 11.8 Å². The van der Waals surface area contributed by atoms with Crippen LogP contribution in [-0.2, 0) is 9.59 Å². The van der Waals surface area contributed by atoms with Gasteiger partial charge >= 0.3 is 0 Å². The zero-order chi connectivity index (χ0) is 19.3. The molecular weight excluding hydrogens is 418 g/mol. The highest BCUT2D eigenvalue weighted by atomic mass is 79.9. The van der Waals surface area contributed by atoms with Crippen molar-refractivity contribution in [2.75, 3.05) is 18.4 Å². The Morgan fingerprint density at radius 3 is 2.36 bits per heavy atom. The predicted octanol–water partition coefficient (Wildman–Crippen LogP) is 3.08. The molecule has 5 nitrogen and oxygen atoms in total. The van der Waals surface area contributed by atoms with Gasteiger partial charge in [-0.2, -0.15) is 0 Å². The molecule has 3 N–H and O–H groups in total. The van der Waals surface area contributed by atoms with Crippen LogP contribution in [0.3, 0.4) is 0 Å². The van der Waals surface area contributed by atoms with Gasteiger partial charge in [-0.25, -0.2) is 0 Å². The second-order valence-corrected chi connectivity index (χ2v) is 9.67. The molecule has 5 rings (SSSR count). The molecule has 0 radical (unpaired) electrons. The van der Waals surface area contributed by atoms with E-state index in [9.17, 15) is 9.59 Å². The lowest BCUT2D eigenvalue weighted by atomic mass is 9.81. The number of allylic oxidation sites excluding steroid dienone is 2. The summed E-state index contributed by atoms with van der Waals surface area (Å²) >= 11 is 3.42. The van der Waals surface area contributed by atoms with Gasteiger partial charge < -0.3 is 16.0 Å². The summed E-state index contributed by atoms with van der Waals surface area (Å²) in [5.41, 5.74) is 0.939. The fourth-order valence-electron chi connectivity index (χ4n) is 5.74. The van der Waals surface area contributed by atoms with E-state index in [4.69, 9.17) is 0 Å². The van der Waals surface area contributed by atoms with Crippen molar-refractivity contribution in [2.45, 2.75) is 31.7 Å². The fourth-order valence-corrected chi connectivity index (χ4v) is 6.01. The van der Waals surface area contributed by atoms with Crippen LogP contribution in [0.5, 0.6) is 0 Å². The summed E-state index contributed by atoms with van der Waals surface area (Å²) in [7, 11) is 0. The summed E-state index contributed by atoms with van der Waals surface area (Å²) in [5, 5.41) is 9.63. The molecule has 1 aromatic carbocycles. The first kappa shape index (κ1) is 18.4. The number of benzene rings is 1. The van der Waals surface area contributed by atoms with E-state index >= 15 is 0 Å². The number of amides is 2. The topological polar surface area (TPSA) is 70.2 Å². The largest absolute Gasteiger partial charge is 0.354 e. The minimum absolute atomic E-state index is 0.0235. The molecule has 2 amide bonds. The van der Waals surface area contributed by atoms with Gasteiger partial charge in [0.25, 0.3) is 0 Å². The molecule has 1 heterocycles. The Morgan fingerprint density at radius 2 is 1.75 bits per heavy atom. The number of hydrogen-bond acceptors (Lipinski definition) is 3. The van der Waals surface area contributed by atoms with E-state index in [-0.39, 0.29) is 40.9 Å². The standard InChI is InChI=1S/C22H26BrN3O2/c23-13-3-5-14(6-4-13)26-21(28)19-17-8-7-16(22(17)9-10-22)18(19)20(27)25-12-15-2-1-11-24-15/h3-8,15-19,24H,1-2,9-12H2,(H,25,27)(H,26,28)/t15?,16-,17+,18-,19-/m1/s1. The number of nitrogens with one attached hydrogen (secondary N) is 3. The molecule has 1 spiro atoms. The Labute approximate surface area is 173 Å². The highest BCUT2D eigenvalue weighted by molar-refractivity contribution is 9.10. The average molecular weight is 444 g/mol. The molecule has 1 aliphatic heterocycles. The monoisotopic (exact) mass is 443 g/mol. The van der Waals surface area contributed by atoms with Crippen LogP contribution in [0.4, 0.5) is 5.69 Å². The average Bonchev–Trinajstić information content (AvgIpc) is 3.05.